The molecular formula is C7H8F2O. The molecule has 2 fully saturated rings. The molecule has 3 heteroatoms. The van der Waals surface area contributed by atoms with Gasteiger partial charge >= 0.3 is 0 Å². The molecule has 0 saturated heterocycles. The van der Waals surface area contributed by atoms with Crippen LogP contribution in [0.5, 0.6) is 0 Å². The van der Waals surface area contributed by atoms with Gasteiger partial charge in [0.05, 0.1) is 0 Å². The fraction of sp³-hybridized carbons (Fsp3) is 0.857. The first kappa shape index (κ1) is 6.25. The normalized spacial score (nSPS) is 42.8. The topological polar surface area (TPSA) is 17.1 Å². The molecule has 0 radical (unpaired) electrons. The number of alkyl halides is 2. The smallest absolute Gasteiger partial charge is 0.255 e. The summed E-state index contributed by atoms with van der Waals surface area (Å²) in [6, 6.07) is 0. The van der Waals surface area contributed by atoms with Gasteiger partial charge in [-0.2, -0.15) is 0 Å². The molecule has 2 rings (SSSR count). The first-order valence-corrected chi connectivity index (χ1v) is 3.52. The van der Waals surface area contributed by atoms with Crippen molar-refractivity contribution in [3.05, 3.63) is 0 Å². The van der Waals surface area contributed by atoms with E-state index in [1.807, 2.05) is 0 Å². The molecule has 0 N–H and O–H groups in total. The second-order valence-electron chi connectivity index (χ2n) is 3.17. The van der Waals surface area contributed by atoms with Crippen molar-refractivity contribution >= 4 is 5.78 Å². The molecule has 10 heavy (non-hydrogen) atoms. The van der Waals surface area contributed by atoms with E-state index in [0.717, 1.165) is 0 Å². The summed E-state index contributed by atoms with van der Waals surface area (Å²) in [5, 5.41) is 0. The molecule has 2 unspecified atom stereocenters. The summed E-state index contributed by atoms with van der Waals surface area (Å²) in [5.74, 6) is -3.52. The summed E-state index contributed by atoms with van der Waals surface area (Å²) in [6.07, 6.45) is 0.908. The van der Waals surface area contributed by atoms with Crippen LogP contribution in [-0.4, -0.2) is 11.7 Å². The zero-order chi connectivity index (χ0) is 7.35. The lowest BCUT2D eigenvalue weighted by molar-refractivity contribution is -0.120. The van der Waals surface area contributed by atoms with Crippen molar-refractivity contribution < 1.29 is 13.6 Å². The number of hydrogen-bond donors (Lipinski definition) is 0. The van der Waals surface area contributed by atoms with Crippen molar-refractivity contribution in [3.63, 3.8) is 0 Å². The van der Waals surface area contributed by atoms with Crippen LogP contribution >= 0.6 is 0 Å². The maximum atomic E-state index is 12.5. The van der Waals surface area contributed by atoms with Gasteiger partial charge in [-0.25, -0.2) is 8.78 Å². The number of fused-ring (bicyclic) bond motifs is 1. The molecule has 2 aliphatic rings. The number of halogens is 2. The van der Waals surface area contributed by atoms with Crippen LogP contribution in [-0.2, 0) is 4.79 Å². The van der Waals surface area contributed by atoms with Crippen molar-refractivity contribution in [1.29, 1.82) is 0 Å². The molecule has 0 heterocycles. The van der Waals surface area contributed by atoms with Crippen LogP contribution < -0.4 is 0 Å². The van der Waals surface area contributed by atoms with Crippen LogP contribution in [0.15, 0.2) is 0 Å². The zero-order valence-corrected chi connectivity index (χ0v) is 5.44. The average Bonchev–Trinajstić information content (AvgIpc) is 2.36. The standard InChI is InChI=1S/C7H8F2O/c8-7(9)5-2-1-4(10)3-6(5)7/h5-6H,1-3H2. The molecule has 1 nitrogen and oxygen atoms in total. The van der Waals surface area contributed by atoms with Crippen molar-refractivity contribution in [1.82, 2.24) is 0 Å². The van der Waals surface area contributed by atoms with Gasteiger partial charge in [-0.05, 0) is 6.42 Å². The van der Waals surface area contributed by atoms with E-state index in [4.69, 9.17) is 0 Å². The number of rotatable bonds is 0. The van der Waals surface area contributed by atoms with Crippen LogP contribution in [0.3, 0.4) is 0 Å². The summed E-state index contributed by atoms with van der Waals surface area (Å²) in [5.41, 5.74) is 0. The minimum Gasteiger partial charge on any atom is -0.300 e. The van der Waals surface area contributed by atoms with Gasteiger partial charge in [-0.1, -0.05) is 0 Å². The predicted octanol–water partition coefficient (Wildman–Crippen LogP) is 1.62. The molecule has 0 spiro atoms. The molecule has 0 bridgehead atoms. The molecule has 2 atom stereocenters. The van der Waals surface area contributed by atoms with Crippen molar-refractivity contribution in [3.8, 4) is 0 Å². The number of hydrogen-bond acceptors (Lipinski definition) is 1. The first-order valence-electron chi connectivity index (χ1n) is 3.52. The third-order valence-corrected chi connectivity index (χ3v) is 2.55. The molecule has 56 valence electrons. The van der Waals surface area contributed by atoms with E-state index in [1.54, 1.807) is 0 Å². The highest BCUT2D eigenvalue weighted by molar-refractivity contribution is 5.80. The Bertz CT molecular complexity index is 188. The fourth-order valence-electron chi connectivity index (χ4n) is 1.80. The monoisotopic (exact) mass is 146 g/mol. The second kappa shape index (κ2) is 1.57. The Balaban J connectivity index is 2.10. The van der Waals surface area contributed by atoms with Gasteiger partial charge in [-0.15, -0.1) is 0 Å². The summed E-state index contributed by atoms with van der Waals surface area (Å²) in [7, 11) is 0. The fourth-order valence-corrected chi connectivity index (χ4v) is 1.80. The van der Waals surface area contributed by atoms with Gasteiger partial charge < -0.3 is 0 Å². The Morgan fingerprint density at radius 1 is 1.40 bits per heavy atom. The Kier molecular flexibility index (Phi) is 0.984. The molecule has 0 aromatic carbocycles. The molecule has 0 aliphatic heterocycles. The van der Waals surface area contributed by atoms with Gasteiger partial charge in [-0.3, -0.25) is 4.79 Å². The maximum Gasteiger partial charge on any atom is 0.255 e. The molecular weight excluding hydrogens is 138 g/mol. The zero-order valence-electron chi connectivity index (χ0n) is 5.44. The lowest BCUT2D eigenvalue weighted by Gasteiger charge is -2.02. The number of carbonyl (C=O) groups excluding carboxylic acids is 1. The predicted molar refractivity (Wildman–Crippen MR) is 30.8 cm³/mol. The Labute approximate surface area is 57.4 Å². The van der Waals surface area contributed by atoms with Gasteiger partial charge in [0.15, 0.2) is 0 Å². The van der Waals surface area contributed by atoms with E-state index in [0.29, 0.717) is 12.8 Å². The molecule has 0 aromatic heterocycles. The summed E-state index contributed by atoms with van der Waals surface area (Å²) in [4.78, 5) is 10.7. The van der Waals surface area contributed by atoms with E-state index in [9.17, 15) is 13.6 Å². The third-order valence-electron chi connectivity index (χ3n) is 2.55. The van der Waals surface area contributed by atoms with Crippen molar-refractivity contribution in [2.45, 2.75) is 25.2 Å². The summed E-state index contributed by atoms with van der Waals surface area (Å²) >= 11 is 0. The third kappa shape index (κ3) is 0.633. The summed E-state index contributed by atoms with van der Waals surface area (Å²) < 4.78 is 25.0. The lowest BCUT2D eigenvalue weighted by atomic mass is 10.00. The minimum absolute atomic E-state index is 0.0124. The van der Waals surface area contributed by atoms with Crippen LogP contribution in [0.25, 0.3) is 0 Å². The average molecular weight is 146 g/mol. The van der Waals surface area contributed by atoms with Crippen LogP contribution in [0.2, 0.25) is 0 Å². The Morgan fingerprint density at radius 3 is 2.60 bits per heavy atom. The molecule has 0 aromatic rings. The Morgan fingerprint density at radius 2 is 2.10 bits per heavy atom. The van der Waals surface area contributed by atoms with Crippen LogP contribution in [0.1, 0.15) is 19.3 Å². The quantitative estimate of drug-likeness (QED) is 0.507. The minimum atomic E-state index is -2.49. The molecule has 2 aliphatic carbocycles. The lowest BCUT2D eigenvalue weighted by Crippen LogP contribution is -2.05. The van der Waals surface area contributed by atoms with Crippen molar-refractivity contribution in [2.75, 3.05) is 0 Å². The van der Waals surface area contributed by atoms with Crippen LogP contribution in [0, 0.1) is 11.8 Å². The Hall–Kier alpha value is -0.470. The highest BCUT2D eigenvalue weighted by atomic mass is 19.3. The number of carbonyl (C=O) groups is 1. The largest absolute Gasteiger partial charge is 0.300 e. The van der Waals surface area contributed by atoms with Gasteiger partial charge in [0.2, 0.25) is 0 Å². The van der Waals surface area contributed by atoms with E-state index in [-0.39, 0.29) is 12.2 Å². The first-order chi connectivity index (χ1) is 4.62. The van der Waals surface area contributed by atoms with Crippen LogP contribution in [0.4, 0.5) is 8.78 Å². The van der Waals surface area contributed by atoms with Gasteiger partial charge in [0.1, 0.15) is 5.78 Å². The molecule has 0 amide bonds. The SMILES string of the molecule is O=C1CCC2C(C1)C2(F)F. The number of ketones is 1. The number of Topliss-reactive ketones (excluding diaryl/α,β-unsaturated/α-hetero) is 1. The van der Waals surface area contributed by atoms with Gasteiger partial charge in [0, 0.05) is 24.7 Å². The molecule has 2 saturated carbocycles. The van der Waals surface area contributed by atoms with E-state index in [2.05, 4.69) is 0 Å². The summed E-state index contributed by atoms with van der Waals surface area (Å²) in [6.45, 7) is 0. The van der Waals surface area contributed by atoms with Gasteiger partial charge in [0.25, 0.3) is 5.92 Å². The second-order valence-corrected chi connectivity index (χ2v) is 3.17. The van der Waals surface area contributed by atoms with E-state index in [1.165, 1.54) is 0 Å². The maximum absolute atomic E-state index is 12.5. The highest BCUT2D eigenvalue weighted by Crippen LogP contribution is 2.61. The highest BCUT2D eigenvalue weighted by Gasteiger charge is 2.68. The van der Waals surface area contributed by atoms with Crippen molar-refractivity contribution in [2.24, 2.45) is 11.8 Å². The van der Waals surface area contributed by atoms with E-state index < -0.39 is 17.8 Å². The van der Waals surface area contributed by atoms with E-state index >= 15 is 0 Å².